The van der Waals surface area contributed by atoms with Crippen molar-refractivity contribution in [3.8, 4) is 0 Å². The summed E-state index contributed by atoms with van der Waals surface area (Å²) in [5.41, 5.74) is 0.601. The van der Waals surface area contributed by atoms with Crippen LogP contribution >= 0.6 is 0 Å². The molecule has 0 radical (unpaired) electrons. The van der Waals surface area contributed by atoms with E-state index in [0.29, 0.717) is 18.7 Å². The zero-order valence-corrected chi connectivity index (χ0v) is 11.8. The molecule has 1 rings (SSSR count). The Hall–Kier alpha value is -2.48. The first kappa shape index (κ1) is 16.6. The Labute approximate surface area is 121 Å². The molecule has 114 valence electrons. The predicted octanol–water partition coefficient (Wildman–Crippen LogP) is 0.396. The summed E-state index contributed by atoms with van der Waals surface area (Å²) < 4.78 is 4.77. The zero-order chi connectivity index (χ0) is 15.8. The lowest BCUT2D eigenvalue weighted by atomic mass is 10.1. The smallest absolute Gasteiger partial charge is 0.272 e. The Kier molecular flexibility index (Phi) is 6.28. The molecule has 0 aromatic heterocycles. The van der Waals surface area contributed by atoms with E-state index in [-0.39, 0.29) is 23.7 Å². The molecule has 0 saturated heterocycles. The second-order valence-electron chi connectivity index (χ2n) is 4.28. The van der Waals surface area contributed by atoms with Crippen molar-refractivity contribution in [3.63, 3.8) is 0 Å². The van der Waals surface area contributed by atoms with Crippen LogP contribution in [-0.4, -0.2) is 43.5 Å². The summed E-state index contributed by atoms with van der Waals surface area (Å²) in [5, 5.41) is 15.7. The molecule has 8 heteroatoms. The lowest BCUT2D eigenvalue weighted by Crippen LogP contribution is -2.38. The monoisotopic (exact) mass is 295 g/mol. The number of ether oxygens (including phenoxy) is 1. The molecule has 2 N–H and O–H groups in total. The van der Waals surface area contributed by atoms with Gasteiger partial charge < -0.3 is 15.4 Å². The highest BCUT2D eigenvalue weighted by atomic mass is 16.6. The molecule has 21 heavy (non-hydrogen) atoms. The van der Waals surface area contributed by atoms with E-state index in [2.05, 4.69) is 10.6 Å². The van der Waals surface area contributed by atoms with Crippen LogP contribution in [0.1, 0.15) is 15.9 Å². The van der Waals surface area contributed by atoms with Crippen LogP contribution in [0, 0.1) is 17.0 Å². The van der Waals surface area contributed by atoms with Crippen LogP contribution in [0.5, 0.6) is 0 Å². The molecule has 1 aromatic rings. The maximum Gasteiger partial charge on any atom is 0.272 e. The molecule has 0 unspecified atom stereocenters. The van der Waals surface area contributed by atoms with Gasteiger partial charge in [0, 0.05) is 30.8 Å². The fourth-order valence-electron chi connectivity index (χ4n) is 1.62. The van der Waals surface area contributed by atoms with Crippen molar-refractivity contribution < 1.29 is 19.2 Å². The summed E-state index contributed by atoms with van der Waals surface area (Å²) in [6, 6.07) is 4.03. The minimum atomic E-state index is -0.514. The quantitative estimate of drug-likeness (QED) is 0.429. The molecule has 0 aliphatic heterocycles. The van der Waals surface area contributed by atoms with Crippen LogP contribution < -0.4 is 10.6 Å². The highest BCUT2D eigenvalue weighted by molar-refractivity contribution is 5.96. The van der Waals surface area contributed by atoms with E-state index in [9.17, 15) is 19.7 Å². The van der Waals surface area contributed by atoms with Crippen molar-refractivity contribution in [3.05, 3.63) is 39.4 Å². The van der Waals surface area contributed by atoms with Crippen LogP contribution in [0.2, 0.25) is 0 Å². The number of amides is 2. The molecular weight excluding hydrogens is 278 g/mol. The number of nitrogens with zero attached hydrogens (tertiary/aromatic N) is 1. The molecule has 0 bridgehead atoms. The summed E-state index contributed by atoms with van der Waals surface area (Å²) in [5.74, 6) is -0.797. The second-order valence-corrected chi connectivity index (χ2v) is 4.28. The molecule has 0 aliphatic rings. The van der Waals surface area contributed by atoms with Crippen LogP contribution in [0.3, 0.4) is 0 Å². The first-order chi connectivity index (χ1) is 9.95. The average Bonchev–Trinajstić information content (AvgIpc) is 2.44. The van der Waals surface area contributed by atoms with Gasteiger partial charge in [0.2, 0.25) is 5.91 Å². The number of methoxy groups -OCH3 is 1. The number of aryl methyl sites for hydroxylation is 1. The Balaban J connectivity index is 2.54. The summed E-state index contributed by atoms with van der Waals surface area (Å²) in [6.07, 6.45) is 0. The second kappa shape index (κ2) is 7.95. The van der Waals surface area contributed by atoms with Crippen molar-refractivity contribution in [1.29, 1.82) is 0 Å². The van der Waals surface area contributed by atoms with Crippen molar-refractivity contribution in [2.45, 2.75) is 6.92 Å². The van der Waals surface area contributed by atoms with Crippen LogP contribution in [0.25, 0.3) is 0 Å². The van der Waals surface area contributed by atoms with E-state index >= 15 is 0 Å². The summed E-state index contributed by atoms with van der Waals surface area (Å²) in [6.45, 7) is 2.13. The molecule has 0 fully saturated rings. The van der Waals surface area contributed by atoms with Gasteiger partial charge in [-0.05, 0) is 19.1 Å². The van der Waals surface area contributed by atoms with Crippen LogP contribution in [0.4, 0.5) is 5.69 Å². The third-order valence-electron chi connectivity index (χ3n) is 2.69. The van der Waals surface area contributed by atoms with Gasteiger partial charge in [0.05, 0.1) is 18.1 Å². The zero-order valence-electron chi connectivity index (χ0n) is 11.8. The molecule has 1 aromatic carbocycles. The van der Waals surface area contributed by atoms with E-state index in [1.165, 1.54) is 25.3 Å². The molecule has 8 nitrogen and oxygen atoms in total. The largest absolute Gasteiger partial charge is 0.383 e. The molecule has 0 heterocycles. The number of benzene rings is 1. The van der Waals surface area contributed by atoms with Gasteiger partial charge in [-0.1, -0.05) is 0 Å². The predicted molar refractivity (Wildman–Crippen MR) is 75.1 cm³/mol. The summed E-state index contributed by atoms with van der Waals surface area (Å²) in [7, 11) is 1.52. The lowest BCUT2D eigenvalue weighted by Gasteiger charge is -2.07. The number of carbonyl (C=O) groups is 2. The van der Waals surface area contributed by atoms with Crippen molar-refractivity contribution >= 4 is 17.5 Å². The number of rotatable bonds is 7. The number of carbonyl (C=O) groups excluding carboxylic acids is 2. The highest BCUT2D eigenvalue weighted by Gasteiger charge is 2.14. The van der Waals surface area contributed by atoms with Gasteiger partial charge in [-0.2, -0.15) is 0 Å². The maximum absolute atomic E-state index is 11.8. The summed E-state index contributed by atoms with van der Waals surface area (Å²) >= 11 is 0. The molecule has 0 atom stereocenters. The molecular formula is C13H17N3O5. The van der Waals surface area contributed by atoms with Crippen molar-refractivity contribution in [1.82, 2.24) is 10.6 Å². The Bertz CT molecular complexity index is 545. The van der Waals surface area contributed by atoms with Gasteiger partial charge in [0.1, 0.15) is 0 Å². The minimum Gasteiger partial charge on any atom is -0.383 e. The van der Waals surface area contributed by atoms with E-state index in [1.807, 2.05) is 0 Å². The summed E-state index contributed by atoms with van der Waals surface area (Å²) in [4.78, 5) is 33.4. The van der Waals surface area contributed by atoms with Gasteiger partial charge in [-0.25, -0.2) is 0 Å². The first-order valence-corrected chi connectivity index (χ1v) is 6.24. The Morgan fingerprint density at radius 1 is 1.33 bits per heavy atom. The lowest BCUT2D eigenvalue weighted by molar-refractivity contribution is -0.385. The van der Waals surface area contributed by atoms with Gasteiger partial charge in [0.25, 0.3) is 11.6 Å². The van der Waals surface area contributed by atoms with Crippen LogP contribution in [-0.2, 0) is 9.53 Å². The van der Waals surface area contributed by atoms with E-state index < -0.39 is 10.8 Å². The number of nitro benzene ring substituents is 1. The van der Waals surface area contributed by atoms with Gasteiger partial charge >= 0.3 is 0 Å². The van der Waals surface area contributed by atoms with Gasteiger partial charge in [0.15, 0.2) is 0 Å². The molecule has 2 amide bonds. The number of hydrogen-bond donors (Lipinski definition) is 2. The van der Waals surface area contributed by atoms with Crippen LogP contribution in [0.15, 0.2) is 18.2 Å². The normalized spacial score (nSPS) is 10.0. The first-order valence-electron chi connectivity index (χ1n) is 6.24. The third-order valence-corrected chi connectivity index (χ3v) is 2.69. The number of nitrogens with one attached hydrogen (secondary N) is 2. The van der Waals surface area contributed by atoms with Crippen molar-refractivity contribution in [2.24, 2.45) is 0 Å². The van der Waals surface area contributed by atoms with E-state index in [4.69, 9.17) is 4.74 Å². The highest BCUT2D eigenvalue weighted by Crippen LogP contribution is 2.18. The average molecular weight is 295 g/mol. The Morgan fingerprint density at radius 3 is 2.62 bits per heavy atom. The third kappa shape index (κ3) is 5.19. The standard InChI is InChI=1S/C13H17N3O5/c1-9-7-10(3-4-11(9)16(19)20)13(18)15-8-12(17)14-5-6-21-2/h3-4,7H,5-6,8H2,1-2H3,(H,14,17)(H,15,18). The Morgan fingerprint density at radius 2 is 2.05 bits per heavy atom. The maximum atomic E-state index is 11.8. The molecule has 0 aliphatic carbocycles. The number of nitro groups is 1. The van der Waals surface area contributed by atoms with Gasteiger partial charge in [-0.3, -0.25) is 19.7 Å². The molecule has 0 saturated carbocycles. The minimum absolute atomic E-state index is 0.0520. The van der Waals surface area contributed by atoms with E-state index in [0.717, 1.165) is 0 Å². The fourth-order valence-corrected chi connectivity index (χ4v) is 1.62. The topological polar surface area (TPSA) is 111 Å². The SMILES string of the molecule is COCCNC(=O)CNC(=O)c1ccc([N+](=O)[O-])c(C)c1. The van der Waals surface area contributed by atoms with E-state index in [1.54, 1.807) is 6.92 Å². The fraction of sp³-hybridized carbons (Fsp3) is 0.385. The number of hydrogen-bond acceptors (Lipinski definition) is 5. The molecule has 0 spiro atoms. The van der Waals surface area contributed by atoms with Gasteiger partial charge in [-0.15, -0.1) is 0 Å². The van der Waals surface area contributed by atoms with Crippen molar-refractivity contribution in [2.75, 3.05) is 26.8 Å².